The Labute approximate surface area is 248 Å². The summed E-state index contributed by atoms with van der Waals surface area (Å²) in [7, 11) is 0. The Morgan fingerprint density at radius 2 is 1.62 bits per heavy atom. The van der Waals surface area contributed by atoms with Crippen LogP contribution in [0, 0.1) is 6.92 Å². The molecule has 212 valence electrons. The third-order valence-corrected chi connectivity index (χ3v) is 7.50. The number of nitrogens with zero attached hydrogens (tertiary/aromatic N) is 1. The van der Waals surface area contributed by atoms with Gasteiger partial charge in [0.15, 0.2) is 18.5 Å². The predicted molar refractivity (Wildman–Crippen MR) is 157 cm³/mol. The van der Waals surface area contributed by atoms with Crippen molar-refractivity contribution in [3.63, 3.8) is 0 Å². The van der Waals surface area contributed by atoms with Gasteiger partial charge >= 0.3 is 0 Å². The molecule has 1 N–H and O–H groups in total. The van der Waals surface area contributed by atoms with E-state index in [-0.39, 0.29) is 28.7 Å². The van der Waals surface area contributed by atoms with Crippen molar-refractivity contribution >= 4 is 28.7 Å². The minimum atomic E-state index is -0.245. The first-order chi connectivity index (χ1) is 18.5. The maximum absolute atomic E-state index is 13.0. The molecule has 0 radical (unpaired) electrons. The van der Waals surface area contributed by atoms with Gasteiger partial charge in [0.25, 0.3) is 5.91 Å². The van der Waals surface area contributed by atoms with Crippen molar-refractivity contribution in [2.75, 3.05) is 11.9 Å². The number of anilines is 1. The second kappa shape index (κ2) is 18.0. The molecule has 0 saturated carbocycles. The zero-order valence-electron chi connectivity index (χ0n) is 23.6. The van der Waals surface area contributed by atoms with Gasteiger partial charge in [-0.1, -0.05) is 88.2 Å². The molecular weight excluding hydrogens is 572 g/mol. The number of carbonyl (C=O) groups is 2. The summed E-state index contributed by atoms with van der Waals surface area (Å²) in [5, 5.41) is 2.97. The number of aromatic nitrogens is 1. The minimum Gasteiger partial charge on any atom is -1.00 e. The van der Waals surface area contributed by atoms with Gasteiger partial charge in [0.05, 0.1) is 17.0 Å². The SMILES string of the molecule is CCCCCCCCCCCCOc1ccc(C(=O)Nc2cccc(C[n+]3csc(C)c3)c2)cc1C(C)=O.[Br-]. The zero-order chi connectivity index (χ0) is 27.2. The summed E-state index contributed by atoms with van der Waals surface area (Å²) in [5.41, 5.74) is 4.80. The van der Waals surface area contributed by atoms with Gasteiger partial charge in [-0.3, -0.25) is 9.59 Å². The molecule has 3 aromatic rings. The molecule has 0 saturated heterocycles. The Balaban J connectivity index is 0.00000533. The molecule has 1 amide bonds. The molecule has 0 aliphatic rings. The van der Waals surface area contributed by atoms with Gasteiger partial charge in [-0.15, -0.1) is 0 Å². The third-order valence-electron chi connectivity index (χ3n) is 6.65. The molecule has 7 heteroatoms. The molecule has 0 aliphatic heterocycles. The van der Waals surface area contributed by atoms with Crippen LogP contribution in [0.4, 0.5) is 5.69 Å². The highest BCUT2D eigenvalue weighted by Crippen LogP contribution is 2.23. The smallest absolute Gasteiger partial charge is 0.255 e. The summed E-state index contributed by atoms with van der Waals surface area (Å²) in [6.45, 7) is 7.17. The van der Waals surface area contributed by atoms with Crippen molar-refractivity contribution in [3.8, 4) is 5.75 Å². The second-order valence-electron chi connectivity index (χ2n) is 10.1. The molecule has 1 aromatic heterocycles. The number of hydrogen-bond acceptors (Lipinski definition) is 4. The average Bonchev–Trinajstić information content (AvgIpc) is 3.31. The van der Waals surface area contributed by atoms with Crippen LogP contribution in [-0.2, 0) is 6.54 Å². The highest BCUT2D eigenvalue weighted by molar-refractivity contribution is 7.09. The van der Waals surface area contributed by atoms with Gasteiger partial charge in [0.1, 0.15) is 5.75 Å². The van der Waals surface area contributed by atoms with Crippen molar-refractivity contribution in [2.45, 2.75) is 91.5 Å². The quantitative estimate of drug-likeness (QED) is 0.130. The van der Waals surface area contributed by atoms with Crippen LogP contribution < -0.4 is 31.6 Å². The molecule has 0 atom stereocenters. The molecule has 5 nitrogen and oxygen atoms in total. The Kier molecular flexibility index (Phi) is 15.1. The highest BCUT2D eigenvalue weighted by Gasteiger charge is 2.15. The van der Waals surface area contributed by atoms with Gasteiger partial charge in [0, 0.05) is 16.8 Å². The van der Waals surface area contributed by atoms with Gasteiger partial charge in [-0.2, -0.15) is 4.57 Å². The predicted octanol–water partition coefficient (Wildman–Crippen LogP) is 5.15. The number of benzene rings is 2. The fourth-order valence-corrected chi connectivity index (χ4v) is 5.17. The van der Waals surface area contributed by atoms with E-state index in [0.717, 1.165) is 30.6 Å². The number of unbranched alkanes of at least 4 members (excludes halogenated alkanes) is 9. The van der Waals surface area contributed by atoms with Crippen LogP contribution in [0.5, 0.6) is 5.75 Å². The zero-order valence-corrected chi connectivity index (χ0v) is 26.0. The monoisotopic (exact) mass is 614 g/mol. The fourth-order valence-electron chi connectivity index (χ4n) is 4.53. The van der Waals surface area contributed by atoms with E-state index in [9.17, 15) is 9.59 Å². The van der Waals surface area contributed by atoms with E-state index in [0.29, 0.717) is 23.5 Å². The van der Waals surface area contributed by atoms with E-state index in [1.807, 2.05) is 24.3 Å². The Morgan fingerprint density at radius 1 is 0.923 bits per heavy atom. The molecule has 0 fully saturated rings. The molecule has 0 unspecified atom stereocenters. The number of halogens is 1. The van der Waals surface area contributed by atoms with Crippen LogP contribution in [0.1, 0.15) is 109 Å². The van der Waals surface area contributed by atoms with E-state index in [1.165, 1.54) is 63.2 Å². The van der Waals surface area contributed by atoms with Gasteiger partial charge < -0.3 is 27.0 Å². The maximum Gasteiger partial charge on any atom is 0.255 e. The summed E-state index contributed by atoms with van der Waals surface area (Å²) in [6.07, 6.45) is 14.8. The number of hydrogen-bond donors (Lipinski definition) is 1. The standard InChI is InChI=1S/C32H42N2O3S.BrH/c1-4-5-6-7-8-9-10-11-12-13-19-37-31-18-17-28(21-30(31)26(3)35)32(36)33-29-16-14-15-27(20-29)23-34-22-25(2)38-24-34;/h14-18,20-22,24H,4-13,19,23H2,1-3H3;1H. The number of nitrogens with one attached hydrogen (secondary N) is 1. The number of Topliss-reactive ketones (excluding diaryl/α,β-unsaturated/α-hetero) is 1. The van der Waals surface area contributed by atoms with Crippen LogP contribution >= 0.6 is 11.3 Å². The van der Waals surface area contributed by atoms with Gasteiger partial charge in [0.2, 0.25) is 5.51 Å². The number of ketones is 1. The van der Waals surface area contributed by atoms with Crippen LogP contribution in [0.2, 0.25) is 0 Å². The van der Waals surface area contributed by atoms with Gasteiger partial charge in [-0.05, 0) is 50.6 Å². The lowest BCUT2D eigenvalue weighted by molar-refractivity contribution is -0.683. The molecule has 2 aromatic carbocycles. The summed E-state index contributed by atoms with van der Waals surface area (Å²) in [5.74, 6) is 0.197. The first-order valence-corrected chi connectivity index (χ1v) is 15.0. The Bertz CT molecular complexity index is 1180. The number of rotatable bonds is 17. The number of aryl methyl sites for hydroxylation is 1. The van der Waals surface area contributed by atoms with Gasteiger partial charge in [-0.25, -0.2) is 0 Å². The number of carbonyl (C=O) groups excluding carboxylic acids is 2. The summed E-state index contributed by atoms with van der Waals surface area (Å²) < 4.78 is 8.08. The lowest BCUT2D eigenvalue weighted by Gasteiger charge is -2.12. The van der Waals surface area contributed by atoms with E-state index in [2.05, 4.69) is 35.4 Å². The molecule has 0 aliphatic carbocycles. The van der Waals surface area contributed by atoms with E-state index in [4.69, 9.17) is 4.74 Å². The molecule has 1 heterocycles. The summed E-state index contributed by atoms with van der Waals surface area (Å²) in [4.78, 5) is 26.5. The number of ether oxygens (including phenoxy) is 1. The second-order valence-corrected chi connectivity index (χ2v) is 11.2. The third kappa shape index (κ3) is 11.6. The fraction of sp³-hybridized carbons (Fsp3) is 0.469. The van der Waals surface area contributed by atoms with Crippen molar-refractivity contribution in [1.82, 2.24) is 0 Å². The van der Waals surface area contributed by atoms with Crippen molar-refractivity contribution in [3.05, 3.63) is 75.7 Å². The maximum atomic E-state index is 13.0. The molecular formula is C32H43BrN2O3S. The van der Waals surface area contributed by atoms with Crippen LogP contribution in [-0.4, -0.2) is 18.3 Å². The van der Waals surface area contributed by atoms with E-state index >= 15 is 0 Å². The number of amides is 1. The van der Waals surface area contributed by atoms with E-state index in [1.54, 1.807) is 29.5 Å². The van der Waals surface area contributed by atoms with Crippen LogP contribution in [0.15, 0.2) is 54.2 Å². The minimum absolute atomic E-state index is 0. The van der Waals surface area contributed by atoms with Crippen LogP contribution in [0.25, 0.3) is 0 Å². The van der Waals surface area contributed by atoms with Crippen molar-refractivity contribution in [1.29, 1.82) is 0 Å². The molecule has 0 spiro atoms. The lowest BCUT2D eigenvalue weighted by atomic mass is 10.1. The molecule has 0 bridgehead atoms. The Hall–Kier alpha value is -2.51. The first-order valence-electron chi connectivity index (χ1n) is 14.1. The van der Waals surface area contributed by atoms with Crippen molar-refractivity contribution < 1.29 is 35.9 Å². The normalized spacial score (nSPS) is 10.6. The molecule has 3 rings (SSSR count). The number of thiazole rings is 1. The Morgan fingerprint density at radius 3 is 2.26 bits per heavy atom. The van der Waals surface area contributed by atoms with Crippen LogP contribution in [0.3, 0.4) is 0 Å². The lowest BCUT2D eigenvalue weighted by Crippen LogP contribution is -3.00. The van der Waals surface area contributed by atoms with Crippen molar-refractivity contribution in [2.24, 2.45) is 0 Å². The first kappa shape index (κ1) is 32.7. The molecule has 39 heavy (non-hydrogen) atoms. The summed E-state index contributed by atoms with van der Waals surface area (Å²) >= 11 is 1.71. The van der Waals surface area contributed by atoms with E-state index < -0.39 is 0 Å². The largest absolute Gasteiger partial charge is 1.00 e. The highest BCUT2D eigenvalue weighted by atomic mass is 79.9. The topological polar surface area (TPSA) is 59.3 Å². The summed E-state index contributed by atoms with van der Waals surface area (Å²) in [6, 6.07) is 13.0. The average molecular weight is 616 g/mol.